The molecule has 1 aliphatic rings. The van der Waals surface area contributed by atoms with Crippen molar-refractivity contribution in [3.05, 3.63) is 29.6 Å². The van der Waals surface area contributed by atoms with E-state index in [1.54, 1.807) is 6.07 Å². The summed E-state index contributed by atoms with van der Waals surface area (Å²) in [6, 6.07) is 4.03. The van der Waals surface area contributed by atoms with Crippen LogP contribution in [0.1, 0.15) is 29.6 Å². The summed E-state index contributed by atoms with van der Waals surface area (Å²) >= 11 is 0. The highest BCUT2D eigenvalue weighted by atomic mass is 19.1. The highest BCUT2D eigenvalue weighted by molar-refractivity contribution is 5.88. The van der Waals surface area contributed by atoms with Crippen LogP contribution in [0.4, 0.5) is 10.1 Å². The molecule has 1 aromatic rings. The Hall–Kier alpha value is -1.62. The van der Waals surface area contributed by atoms with Crippen LogP contribution in [0.25, 0.3) is 0 Å². The Kier molecular flexibility index (Phi) is 4.15. The lowest BCUT2D eigenvalue weighted by atomic mass is 10.1. The first-order chi connectivity index (χ1) is 8.66. The highest BCUT2D eigenvalue weighted by Gasteiger charge is 2.14. The fraction of sp³-hybridized carbons (Fsp3) is 0.462. The first-order valence-electron chi connectivity index (χ1n) is 6.05. The van der Waals surface area contributed by atoms with Gasteiger partial charge in [0.2, 0.25) is 0 Å². The van der Waals surface area contributed by atoms with Crippen molar-refractivity contribution in [3.8, 4) is 0 Å². The summed E-state index contributed by atoms with van der Waals surface area (Å²) in [7, 11) is 0. The van der Waals surface area contributed by atoms with E-state index in [1.165, 1.54) is 12.1 Å². The molecule has 1 saturated heterocycles. The summed E-state index contributed by atoms with van der Waals surface area (Å²) in [6.07, 6.45) is 3.40. The first kappa shape index (κ1) is 12.8. The largest absolute Gasteiger partial charge is 0.478 e. The number of hydrogen-bond acceptors (Lipinski definition) is 3. The van der Waals surface area contributed by atoms with Gasteiger partial charge in [0.05, 0.1) is 11.7 Å². The van der Waals surface area contributed by atoms with Gasteiger partial charge in [-0.15, -0.1) is 0 Å². The molecule has 0 saturated carbocycles. The molecular weight excluding hydrogens is 237 g/mol. The minimum Gasteiger partial charge on any atom is -0.478 e. The van der Waals surface area contributed by atoms with E-state index in [2.05, 4.69) is 5.32 Å². The van der Waals surface area contributed by atoms with Crippen molar-refractivity contribution in [1.82, 2.24) is 0 Å². The van der Waals surface area contributed by atoms with Gasteiger partial charge in [0.25, 0.3) is 0 Å². The summed E-state index contributed by atoms with van der Waals surface area (Å²) < 4.78 is 19.0. The number of nitrogens with one attached hydrogen (secondary N) is 1. The number of halogens is 1. The predicted octanol–water partition coefficient (Wildman–Crippen LogP) is 2.50. The zero-order valence-corrected chi connectivity index (χ0v) is 9.99. The molecule has 1 aromatic carbocycles. The molecule has 1 heterocycles. The highest BCUT2D eigenvalue weighted by Crippen LogP contribution is 2.17. The molecule has 2 N–H and O–H groups in total. The van der Waals surface area contributed by atoms with Crippen LogP contribution in [0.15, 0.2) is 18.2 Å². The molecule has 0 aromatic heterocycles. The monoisotopic (exact) mass is 253 g/mol. The smallest absolute Gasteiger partial charge is 0.338 e. The lowest BCUT2D eigenvalue weighted by molar-refractivity contribution is 0.0247. The van der Waals surface area contributed by atoms with E-state index in [-0.39, 0.29) is 11.7 Å². The molecule has 98 valence electrons. The number of anilines is 1. The van der Waals surface area contributed by atoms with Crippen LogP contribution in [0.5, 0.6) is 0 Å². The molecular formula is C13H16FNO3. The van der Waals surface area contributed by atoms with Crippen LogP contribution in [0.2, 0.25) is 0 Å². The number of aromatic carboxylic acids is 1. The van der Waals surface area contributed by atoms with Crippen molar-refractivity contribution in [2.75, 3.05) is 18.5 Å². The van der Waals surface area contributed by atoms with E-state index in [4.69, 9.17) is 9.84 Å². The molecule has 18 heavy (non-hydrogen) atoms. The Bertz CT molecular complexity index is 430. The third kappa shape index (κ3) is 3.20. The van der Waals surface area contributed by atoms with Gasteiger partial charge >= 0.3 is 5.97 Å². The molecule has 0 aliphatic carbocycles. The molecule has 1 aliphatic heterocycles. The van der Waals surface area contributed by atoms with Crippen LogP contribution in [0, 0.1) is 5.82 Å². The Morgan fingerprint density at radius 1 is 1.50 bits per heavy atom. The standard InChI is InChI=1S/C13H16FNO3/c14-12-7-9(4-5-11(12)13(16)17)15-8-10-3-1-2-6-18-10/h4-5,7,10,15H,1-3,6,8H2,(H,16,17). The number of carboxylic acids is 1. The maximum atomic E-state index is 13.4. The summed E-state index contributed by atoms with van der Waals surface area (Å²) in [6.45, 7) is 1.39. The predicted molar refractivity (Wildman–Crippen MR) is 65.4 cm³/mol. The number of carboxylic acid groups (broad SMARTS) is 1. The molecule has 0 spiro atoms. The van der Waals surface area contributed by atoms with Crippen LogP contribution < -0.4 is 5.32 Å². The van der Waals surface area contributed by atoms with Crippen molar-refractivity contribution in [3.63, 3.8) is 0 Å². The van der Waals surface area contributed by atoms with Gasteiger partial charge in [-0.1, -0.05) is 0 Å². The Morgan fingerprint density at radius 2 is 2.33 bits per heavy atom. The lowest BCUT2D eigenvalue weighted by Crippen LogP contribution is -2.27. The van der Waals surface area contributed by atoms with Gasteiger partial charge < -0.3 is 15.2 Å². The number of carbonyl (C=O) groups is 1. The quantitative estimate of drug-likeness (QED) is 0.865. The Balaban J connectivity index is 1.93. The summed E-state index contributed by atoms with van der Waals surface area (Å²) in [4.78, 5) is 10.7. The van der Waals surface area contributed by atoms with E-state index in [0.29, 0.717) is 12.2 Å². The van der Waals surface area contributed by atoms with Crippen LogP contribution in [-0.2, 0) is 4.74 Å². The normalized spacial score (nSPS) is 19.5. The molecule has 0 radical (unpaired) electrons. The van der Waals surface area contributed by atoms with E-state index < -0.39 is 11.8 Å². The van der Waals surface area contributed by atoms with Crippen molar-refractivity contribution >= 4 is 11.7 Å². The van der Waals surface area contributed by atoms with Crippen LogP contribution >= 0.6 is 0 Å². The second kappa shape index (κ2) is 5.82. The Labute approximate surface area is 105 Å². The van der Waals surface area contributed by atoms with Crippen molar-refractivity contribution in [2.45, 2.75) is 25.4 Å². The molecule has 1 atom stereocenters. The van der Waals surface area contributed by atoms with Crippen molar-refractivity contribution in [1.29, 1.82) is 0 Å². The van der Waals surface area contributed by atoms with Crippen LogP contribution in [-0.4, -0.2) is 30.3 Å². The molecule has 0 amide bonds. The second-order valence-electron chi connectivity index (χ2n) is 4.37. The molecule has 0 bridgehead atoms. The fourth-order valence-corrected chi connectivity index (χ4v) is 2.00. The third-order valence-corrected chi connectivity index (χ3v) is 3.01. The average Bonchev–Trinajstić information content (AvgIpc) is 2.37. The van der Waals surface area contributed by atoms with E-state index in [9.17, 15) is 9.18 Å². The maximum absolute atomic E-state index is 13.4. The minimum absolute atomic E-state index is 0.154. The van der Waals surface area contributed by atoms with Gasteiger partial charge in [-0.05, 0) is 37.5 Å². The SMILES string of the molecule is O=C(O)c1ccc(NCC2CCCCO2)cc1F. The second-order valence-corrected chi connectivity index (χ2v) is 4.37. The molecule has 1 unspecified atom stereocenters. The zero-order chi connectivity index (χ0) is 13.0. The molecule has 4 nitrogen and oxygen atoms in total. The van der Waals surface area contributed by atoms with Gasteiger partial charge in [0.1, 0.15) is 5.82 Å². The Morgan fingerprint density at radius 3 is 2.94 bits per heavy atom. The summed E-state index contributed by atoms with van der Waals surface area (Å²) in [5, 5.41) is 11.8. The van der Waals surface area contributed by atoms with Gasteiger partial charge in [0, 0.05) is 18.8 Å². The maximum Gasteiger partial charge on any atom is 0.338 e. The fourth-order valence-electron chi connectivity index (χ4n) is 2.00. The number of hydrogen-bond donors (Lipinski definition) is 2. The topological polar surface area (TPSA) is 58.6 Å². The molecule has 5 heteroatoms. The van der Waals surface area contributed by atoms with E-state index in [1.807, 2.05) is 0 Å². The average molecular weight is 253 g/mol. The van der Waals surface area contributed by atoms with Gasteiger partial charge in [-0.2, -0.15) is 0 Å². The number of ether oxygens (including phenoxy) is 1. The van der Waals surface area contributed by atoms with Gasteiger partial charge in [-0.3, -0.25) is 0 Å². The van der Waals surface area contributed by atoms with Crippen molar-refractivity contribution in [2.24, 2.45) is 0 Å². The van der Waals surface area contributed by atoms with Gasteiger partial charge in [0.15, 0.2) is 0 Å². The summed E-state index contributed by atoms with van der Waals surface area (Å²) in [5.74, 6) is -1.98. The molecule has 1 fully saturated rings. The van der Waals surface area contributed by atoms with Crippen LogP contribution in [0.3, 0.4) is 0 Å². The number of benzene rings is 1. The first-order valence-corrected chi connectivity index (χ1v) is 6.05. The summed E-state index contributed by atoms with van der Waals surface area (Å²) in [5.41, 5.74) is 0.265. The number of rotatable bonds is 4. The van der Waals surface area contributed by atoms with E-state index in [0.717, 1.165) is 25.9 Å². The lowest BCUT2D eigenvalue weighted by Gasteiger charge is -2.23. The minimum atomic E-state index is -1.25. The van der Waals surface area contributed by atoms with E-state index >= 15 is 0 Å². The van der Waals surface area contributed by atoms with Gasteiger partial charge in [-0.25, -0.2) is 9.18 Å². The zero-order valence-electron chi connectivity index (χ0n) is 9.99. The third-order valence-electron chi connectivity index (χ3n) is 3.01. The van der Waals surface area contributed by atoms with Crippen molar-refractivity contribution < 1.29 is 19.0 Å². The molecule has 2 rings (SSSR count).